The Morgan fingerprint density at radius 3 is 2.70 bits per heavy atom. The molecule has 1 heterocycles. The van der Waals surface area contributed by atoms with E-state index in [9.17, 15) is 9.18 Å². The summed E-state index contributed by atoms with van der Waals surface area (Å²) in [6.07, 6.45) is 1.29. The number of nitrogens with one attached hydrogen (secondary N) is 1. The van der Waals surface area contributed by atoms with Gasteiger partial charge >= 0.3 is 0 Å². The molecule has 0 atom stereocenters. The van der Waals surface area contributed by atoms with Crippen molar-refractivity contribution < 1.29 is 18.4 Å². The third-order valence-electron chi connectivity index (χ3n) is 4.73. The van der Waals surface area contributed by atoms with E-state index in [0.29, 0.717) is 46.3 Å². The molecule has 1 aliphatic rings. The molecule has 3 aromatic rings. The van der Waals surface area contributed by atoms with E-state index in [0.717, 1.165) is 0 Å². The Kier molecular flexibility index (Phi) is 4.36. The minimum absolute atomic E-state index is 0.197. The third-order valence-corrected chi connectivity index (χ3v) is 5.03. The quantitative estimate of drug-likeness (QED) is 0.683. The van der Waals surface area contributed by atoms with E-state index in [1.807, 2.05) is 0 Å². The highest BCUT2D eigenvalue weighted by molar-refractivity contribution is 6.32. The largest absolute Gasteiger partial charge is 0.495 e. The normalized spacial score (nSPS) is 14.6. The number of nitrogens with zero attached hydrogens (tertiary/aromatic N) is 1. The lowest BCUT2D eigenvalue weighted by Gasteiger charge is -2.13. The van der Waals surface area contributed by atoms with Crippen LogP contribution in [0.4, 0.5) is 10.1 Å². The van der Waals surface area contributed by atoms with Gasteiger partial charge in [-0.2, -0.15) is 0 Å². The number of rotatable bonds is 5. The van der Waals surface area contributed by atoms with Crippen LogP contribution in [-0.4, -0.2) is 18.2 Å². The summed E-state index contributed by atoms with van der Waals surface area (Å²) >= 11 is 6.11. The standard InChI is InChI=1S/C20H16ClFN2O3/c1-26-16-7-6-12(10-14(16)21)23-19(25)20(8-9-20)18-11-17(27-24-18)13-4-2-3-5-15(13)22/h2-7,10-11H,8-9H2,1H3,(H,23,25). The van der Waals surface area contributed by atoms with Crippen molar-refractivity contribution in [3.63, 3.8) is 0 Å². The molecule has 138 valence electrons. The molecular weight excluding hydrogens is 371 g/mol. The van der Waals surface area contributed by atoms with Gasteiger partial charge in [-0.3, -0.25) is 4.79 Å². The van der Waals surface area contributed by atoms with E-state index in [-0.39, 0.29) is 5.91 Å². The second-order valence-corrected chi connectivity index (χ2v) is 6.85. The second kappa shape index (κ2) is 6.70. The maximum absolute atomic E-state index is 14.0. The van der Waals surface area contributed by atoms with Crippen molar-refractivity contribution in [2.45, 2.75) is 18.3 Å². The first-order valence-corrected chi connectivity index (χ1v) is 8.78. The van der Waals surface area contributed by atoms with Gasteiger partial charge in [-0.05, 0) is 43.2 Å². The summed E-state index contributed by atoms with van der Waals surface area (Å²) in [5, 5.41) is 7.29. The molecule has 27 heavy (non-hydrogen) atoms. The van der Waals surface area contributed by atoms with Gasteiger partial charge in [0, 0.05) is 11.8 Å². The summed E-state index contributed by atoms with van der Waals surface area (Å²) in [6.45, 7) is 0. The Balaban J connectivity index is 1.56. The van der Waals surface area contributed by atoms with Gasteiger partial charge in [0.05, 0.1) is 28.8 Å². The molecule has 0 spiro atoms. The fourth-order valence-corrected chi connectivity index (χ4v) is 3.27. The number of halogens is 2. The summed E-state index contributed by atoms with van der Waals surface area (Å²) in [6, 6.07) is 12.9. The Labute approximate surface area is 160 Å². The molecule has 5 nitrogen and oxygen atoms in total. The minimum atomic E-state index is -0.764. The Morgan fingerprint density at radius 2 is 2.04 bits per heavy atom. The van der Waals surface area contributed by atoms with Crippen LogP contribution in [0.5, 0.6) is 5.75 Å². The lowest BCUT2D eigenvalue weighted by atomic mass is 10.00. The number of carbonyl (C=O) groups excluding carboxylic acids is 1. The van der Waals surface area contributed by atoms with Crippen molar-refractivity contribution in [1.82, 2.24) is 5.16 Å². The zero-order valence-electron chi connectivity index (χ0n) is 14.5. The van der Waals surface area contributed by atoms with Gasteiger partial charge in [-0.15, -0.1) is 0 Å². The first-order valence-electron chi connectivity index (χ1n) is 8.40. The van der Waals surface area contributed by atoms with E-state index in [2.05, 4.69) is 10.5 Å². The average molecular weight is 387 g/mol. The lowest BCUT2D eigenvalue weighted by molar-refractivity contribution is -0.118. The van der Waals surface area contributed by atoms with E-state index in [1.54, 1.807) is 42.5 Å². The highest BCUT2D eigenvalue weighted by atomic mass is 35.5. The third kappa shape index (κ3) is 3.17. The first kappa shape index (κ1) is 17.5. The predicted octanol–water partition coefficient (Wildman–Crippen LogP) is 4.81. The minimum Gasteiger partial charge on any atom is -0.495 e. The van der Waals surface area contributed by atoms with E-state index >= 15 is 0 Å². The second-order valence-electron chi connectivity index (χ2n) is 6.44. The molecule has 1 saturated carbocycles. The number of amides is 1. The maximum Gasteiger partial charge on any atom is 0.236 e. The van der Waals surface area contributed by atoms with Crippen molar-refractivity contribution in [3.05, 3.63) is 65.1 Å². The SMILES string of the molecule is COc1ccc(NC(=O)C2(c3cc(-c4ccccc4F)on3)CC2)cc1Cl. The van der Waals surface area contributed by atoms with Crippen LogP contribution >= 0.6 is 11.6 Å². The van der Waals surface area contributed by atoms with Crippen LogP contribution < -0.4 is 10.1 Å². The monoisotopic (exact) mass is 386 g/mol. The van der Waals surface area contributed by atoms with Crippen LogP contribution in [-0.2, 0) is 10.2 Å². The van der Waals surface area contributed by atoms with Crippen LogP contribution in [0.1, 0.15) is 18.5 Å². The molecule has 0 bridgehead atoms. The number of hydrogen-bond donors (Lipinski definition) is 1. The molecule has 0 radical (unpaired) electrons. The number of aromatic nitrogens is 1. The number of ether oxygens (including phenoxy) is 1. The summed E-state index contributed by atoms with van der Waals surface area (Å²) in [7, 11) is 1.52. The summed E-state index contributed by atoms with van der Waals surface area (Å²) < 4.78 is 24.4. The van der Waals surface area contributed by atoms with E-state index < -0.39 is 11.2 Å². The fraction of sp³-hybridized carbons (Fsp3) is 0.200. The smallest absolute Gasteiger partial charge is 0.236 e. The number of benzene rings is 2. The van der Waals surface area contributed by atoms with Gasteiger partial charge in [-0.1, -0.05) is 28.9 Å². The fourth-order valence-electron chi connectivity index (χ4n) is 3.01. The maximum atomic E-state index is 14.0. The zero-order valence-corrected chi connectivity index (χ0v) is 15.2. The van der Waals surface area contributed by atoms with Crippen molar-refractivity contribution >= 4 is 23.2 Å². The Bertz CT molecular complexity index is 1010. The molecule has 0 aliphatic heterocycles. The molecule has 1 amide bonds. The zero-order chi connectivity index (χ0) is 19.0. The van der Waals surface area contributed by atoms with Crippen LogP contribution in [0.2, 0.25) is 5.02 Å². The molecular formula is C20H16ClFN2O3. The van der Waals surface area contributed by atoms with Crippen LogP contribution in [0.25, 0.3) is 11.3 Å². The van der Waals surface area contributed by atoms with Gasteiger partial charge in [0.2, 0.25) is 5.91 Å². The average Bonchev–Trinajstić information content (AvgIpc) is 3.33. The van der Waals surface area contributed by atoms with Crippen LogP contribution in [0, 0.1) is 5.82 Å². The molecule has 0 unspecified atom stereocenters. The van der Waals surface area contributed by atoms with E-state index in [4.69, 9.17) is 20.9 Å². The van der Waals surface area contributed by atoms with Crippen LogP contribution in [0.3, 0.4) is 0 Å². The van der Waals surface area contributed by atoms with Crippen LogP contribution in [0.15, 0.2) is 53.1 Å². The summed E-state index contributed by atoms with van der Waals surface area (Å²) in [5.74, 6) is 0.232. The number of methoxy groups -OCH3 is 1. The predicted molar refractivity (Wildman–Crippen MR) is 99.4 cm³/mol. The van der Waals surface area contributed by atoms with Gasteiger partial charge in [0.15, 0.2) is 5.76 Å². The molecule has 1 aromatic heterocycles. The van der Waals surface area contributed by atoms with Crippen molar-refractivity contribution in [2.75, 3.05) is 12.4 Å². The van der Waals surface area contributed by atoms with Crippen molar-refractivity contribution in [1.29, 1.82) is 0 Å². The van der Waals surface area contributed by atoms with Crippen molar-refractivity contribution in [2.24, 2.45) is 0 Å². The number of hydrogen-bond acceptors (Lipinski definition) is 4. The molecule has 1 N–H and O–H groups in total. The van der Waals surface area contributed by atoms with E-state index in [1.165, 1.54) is 13.2 Å². The summed E-state index contributed by atoms with van der Waals surface area (Å²) in [4.78, 5) is 12.8. The highest BCUT2D eigenvalue weighted by Gasteiger charge is 2.54. The lowest BCUT2D eigenvalue weighted by Crippen LogP contribution is -2.28. The van der Waals surface area contributed by atoms with Gasteiger partial charge in [0.25, 0.3) is 0 Å². The molecule has 1 aliphatic carbocycles. The molecule has 4 rings (SSSR count). The molecule has 2 aromatic carbocycles. The first-order chi connectivity index (χ1) is 13.0. The Hall–Kier alpha value is -2.86. The Morgan fingerprint density at radius 1 is 1.26 bits per heavy atom. The molecule has 1 fully saturated rings. The summed E-state index contributed by atoms with van der Waals surface area (Å²) in [5.41, 5.74) is 0.613. The van der Waals surface area contributed by atoms with Gasteiger partial charge in [0.1, 0.15) is 11.6 Å². The van der Waals surface area contributed by atoms with Gasteiger partial charge < -0.3 is 14.6 Å². The molecule has 7 heteroatoms. The van der Waals surface area contributed by atoms with Gasteiger partial charge in [-0.25, -0.2) is 4.39 Å². The highest BCUT2D eigenvalue weighted by Crippen LogP contribution is 2.49. The number of anilines is 1. The molecule has 0 saturated heterocycles. The topological polar surface area (TPSA) is 64.4 Å². The van der Waals surface area contributed by atoms with Crippen molar-refractivity contribution in [3.8, 4) is 17.1 Å². The number of carbonyl (C=O) groups is 1.